The fraction of sp³-hybridized carbons (Fsp3) is 0.375. The lowest BCUT2D eigenvalue weighted by Gasteiger charge is -2.21. The number of anilines is 3. The van der Waals surface area contributed by atoms with Crippen molar-refractivity contribution in [2.45, 2.75) is 33.2 Å². The summed E-state index contributed by atoms with van der Waals surface area (Å²) in [4.78, 5) is 12.8. The summed E-state index contributed by atoms with van der Waals surface area (Å²) in [5.41, 5.74) is 13.3. The fourth-order valence-corrected chi connectivity index (χ4v) is 2.76. The van der Waals surface area contributed by atoms with Gasteiger partial charge in [0, 0.05) is 18.4 Å². The average molecular weight is 327 g/mol. The number of rotatable bonds is 4. The Bertz CT molecular complexity index is 822. The Kier molecular flexibility index (Phi) is 3.96. The Morgan fingerprint density at radius 3 is 2.79 bits per heavy atom. The molecule has 0 bridgehead atoms. The predicted octanol–water partition coefficient (Wildman–Crippen LogP) is 2.01. The van der Waals surface area contributed by atoms with Crippen LogP contribution >= 0.6 is 0 Å². The molecular weight excluding hydrogens is 306 g/mol. The Morgan fingerprint density at radius 1 is 1.33 bits per heavy atom. The second-order valence-electron chi connectivity index (χ2n) is 6.13. The van der Waals surface area contributed by atoms with Crippen LogP contribution in [0.4, 0.5) is 17.7 Å². The number of hydrogen-bond acceptors (Lipinski definition) is 8. The molecule has 0 amide bonds. The quantitative estimate of drug-likeness (QED) is 0.630. The normalized spacial score (nSPS) is 16.2. The van der Waals surface area contributed by atoms with Gasteiger partial charge in [0.2, 0.25) is 0 Å². The lowest BCUT2D eigenvalue weighted by molar-refractivity contribution is 0.564. The minimum atomic E-state index is -0.191. The van der Waals surface area contributed by atoms with Gasteiger partial charge in [0.05, 0.1) is 17.0 Å². The highest BCUT2D eigenvalue weighted by atomic mass is 16.4. The first-order valence-electron chi connectivity index (χ1n) is 7.78. The third kappa shape index (κ3) is 2.94. The minimum absolute atomic E-state index is 0.136. The van der Waals surface area contributed by atoms with Gasteiger partial charge in [0.15, 0.2) is 5.76 Å². The maximum Gasteiger partial charge on any atom is 0.292 e. The van der Waals surface area contributed by atoms with Crippen LogP contribution in [0.15, 0.2) is 10.5 Å². The number of allylic oxidation sites excluding steroid dienone is 1. The monoisotopic (exact) mass is 327 g/mol. The van der Waals surface area contributed by atoms with E-state index >= 15 is 0 Å². The van der Waals surface area contributed by atoms with Crippen LogP contribution in [0, 0.1) is 18.3 Å². The maximum atomic E-state index is 8.63. The average Bonchev–Trinajstić information content (AvgIpc) is 2.84. The largest absolute Gasteiger partial charge is 0.424 e. The van der Waals surface area contributed by atoms with Crippen LogP contribution in [0.25, 0.3) is 6.08 Å². The maximum absolute atomic E-state index is 8.63. The van der Waals surface area contributed by atoms with E-state index < -0.39 is 0 Å². The molecule has 1 unspecified atom stereocenters. The van der Waals surface area contributed by atoms with Crippen LogP contribution < -0.4 is 16.8 Å². The topological polar surface area (TPSA) is 140 Å². The number of nitrogens with one attached hydrogen (secondary N) is 2. The highest BCUT2D eigenvalue weighted by molar-refractivity contribution is 6.08. The summed E-state index contributed by atoms with van der Waals surface area (Å²) in [6.45, 7) is 5.79. The van der Waals surface area contributed by atoms with E-state index in [4.69, 9.17) is 21.3 Å². The molecule has 6 N–H and O–H groups in total. The number of aromatic nitrogens is 3. The molecular formula is C16H21N7O. The Balaban J connectivity index is 1.96. The summed E-state index contributed by atoms with van der Waals surface area (Å²) in [5.74, 6) is 1.90. The van der Waals surface area contributed by atoms with E-state index in [1.807, 2.05) is 19.9 Å². The highest BCUT2D eigenvalue weighted by Gasteiger charge is 2.27. The summed E-state index contributed by atoms with van der Waals surface area (Å²) in [5, 5.41) is 11.9. The summed E-state index contributed by atoms with van der Waals surface area (Å²) in [7, 11) is 0. The predicted molar refractivity (Wildman–Crippen MR) is 93.9 cm³/mol. The van der Waals surface area contributed by atoms with Gasteiger partial charge >= 0.3 is 0 Å². The number of aryl methyl sites for hydroxylation is 1. The van der Waals surface area contributed by atoms with Gasteiger partial charge in [-0.15, -0.1) is 0 Å². The van der Waals surface area contributed by atoms with Crippen molar-refractivity contribution >= 4 is 29.4 Å². The number of nitrogens with two attached hydrogens (primary N) is 2. The van der Waals surface area contributed by atoms with Crippen LogP contribution in [0.5, 0.6) is 0 Å². The van der Waals surface area contributed by atoms with E-state index in [1.54, 1.807) is 13.0 Å². The standard InChI is InChI=1S/C16H21N7O/c1-7(2)20-15-12(14(18)21-8(3)22-15)13(17)9-4-5-11-10(6-9)23-16(19)24-11/h4-5,7,9,17H,6H2,1-3H3,(H2,19,23)(H3,18,20,21,22). The number of fused-ring (bicyclic) bond motifs is 1. The third-order valence-corrected chi connectivity index (χ3v) is 3.75. The van der Waals surface area contributed by atoms with Crippen molar-refractivity contribution in [2.24, 2.45) is 5.92 Å². The Hall–Kier alpha value is -2.90. The number of nitrogens with zero attached hydrogens (tertiary/aromatic N) is 3. The van der Waals surface area contributed by atoms with Crippen molar-refractivity contribution in [3.05, 3.63) is 28.9 Å². The molecule has 0 fully saturated rings. The Labute approximate surface area is 139 Å². The zero-order chi connectivity index (χ0) is 17.4. The molecule has 2 heterocycles. The molecule has 0 aliphatic heterocycles. The molecule has 1 aliphatic carbocycles. The van der Waals surface area contributed by atoms with Crippen molar-refractivity contribution in [1.82, 2.24) is 15.0 Å². The van der Waals surface area contributed by atoms with E-state index in [0.717, 1.165) is 5.69 Å². The van der Waals surface area contributed by atoms with Gasteiger partial charge in [-0.3, -0.25) is 0 Å². The first kappa shape index (κ1) is 16.0. The summed E-state index contributed by atoms with van der Waals surface area (Å²) >= 11 is 0. The van der Waals surface area contributed by atoms with Gasteiger partial charge < -0.3 is 26.6 Å². The zero-order valence-electron chi connectivity index (χ0n) is 13.9. The number of oxazole rings is 1. The second kappa shape index (κ2) is 5.95. The second-order valence-corrected chi connectivity index (χ2v) is 6.13. The minimum Gasteiger partial charge on any atom is -0.424 e. The molecule has 126 valence electrons. The van der Waals surface area contributed by atoms with Gasteiger partial charge in [-0.25, -0.2) is 9.97 Å². The Morgan fingerprint density at radius 2 is 2.08 bits per heavy atom. The molecule has 0 spiro atoms. The van der Waals surface area contributed by atoms with Crippen molar-refractivity contribution in [1.29, 1.82) is 5.41 Å². The van der Waals surface area contributed by atoms with E-state index in [9.17, 15) is 0 Å². The highest BCUT2D eigenvalue weighted by Crippen LogP contribution is 2.30. The molecule has 0 saturated carbocycles. The first-order chi connectivity index (χ1) is 11.3. The van der Waals surface area contributed by atoms with E-state index in [-0.39, 0.29) is 18.0 Å². The van der Waals surface area contributed by atoms with E-state index in [0.29, 0.717) is 40.9 Å². The molecule has 0 radical (unpaired) electrons. The van der Waals surface area contributed by atoms with Crippen molar-refractivity contribution in [2.75, 3.05) is 16.8 Å². The molecule has 2 aromatic rings. The van der Waals surface area contributed by atoms with Gasteiger partial charge in [-0.1, -0.05) is 6.08 Å². The molecule has 0 aromatic carbocycles. The molecule has 8 heteroatoms. The van der Waals surface area contributed by atoms with Gasteiger partial charge in [-0.2, -0.15) is 4.98 Å². The van der Waals surface area contributed by atoms with Crippen molar-refractivity contribution in [3.63, 3.8) is 0 Å². The summed E-state index contributed by atoms with van der Waals surface area (Å²) in [6.07, 6.45) is 4.22. The number of hydrogen-bond donors (Lipinski definition) is 4. The fourth-order valence-electron chi connectivity index (χ4n) is 2.76. The van der Waals surface area contributed by atoms with Gasteiger partial charge in [0.25, 0.3) is 6.01 Å². The van der Waals surface area contributed by atoms with Crippen LogP contribution in [0.3, 0.4) is 0 Å². The van der Waals surface area contributed by atoms with Crippen molar-refractivity contribution in [3.8, 4) is 0 Å². The van der Waals surface area contributed by atoms with Crippen LogP contribution in [0.2, 0.25) is 0 Å². The summed E-state index contributed by atoms with van der Waals surface area (Å²) < 4.78 is 5.30. The van der Waals surface area contributed by atoms with Gasteiger partial charge in [0.1, 0.15) is 17.5 Å². The molecule has 24 heavy (non-hydrogen) atoms. The third-order valence-electron chi connectivity index (χ3n) is 3.75. The van der Waals surface area contributed by atoms with Crippen LogP contribution in [-0.4, -0.2) is 26.7 Å². The molecule has 1 atom stereocenters. The molecule has 8 nitrogen and oxygen atoms in total. The first-order valence-corrected chi connectivity index (χ1v) is 7.78. The summed E-state index contributed by atoms with van der Waals surface area (Å²) in [6, 6.07) is 0.297. The molecule has 1 aliphatic rings. The van der Waals surface area contributed by atoms with Crippen LogP contribution in [0.1, 0.15) is 36.7 Å². The molecule has 3 rings (SSSR count). The smallest absolute Gasteiger partial charge is 0.292 e. The van der Waals surface area contributed by atoms with Crippen LogP contribution in [-0.2, 0) is 6.42 Å². The zero-order valence-corrected chi connectivity index (χ0v) is 13.9. The number of nitrogen functional groups attached to an aromatic ring is 2. The molecule has 0 saturated heterocycles. The van der Waals surface area contributed by atoms with E-state index in [1.165, 1.54) is 0 Å². The SMILES string of the molecule is Cc1nc(N)c(C(=N)C2C=Cc3oc(N)nc3C2)c(NC(C)C)n1. The lowest BCUT2D eigenvalue weighted by atomic mass is 9.88. The van der Waals surface area contributed by atoms with Crippen molar-refractivity contribution < 1.29 is 4.42 Å². The lowest BCUT2D eigenvalue weighted by Crippen LogP contribution is -2.24. The van der Waals surface area contributed by atoms with Gasteiger partial charge in [-0.05, 0) is 26.8 Å². The molecule has 2 aromatic heterocycles. The van der Waals surface area contributed by atoms with E-state index in [2.05, 4.69) is 20.3 Å².